The maximum Gasteiger partial charge on any atom is 0.243 e. The average molecular weight is 475 g/mol. The van der Waals surface area contributed by atoms with Crippen LogP contribution in [0.4, 0.5) is 17.5 Å². The van der Waals surface area contributed by atoms with Crippen LogP contribution in [0.2, 0.25) is 5.02 Å². The van der Waals surface area contributed by atoms with Gasteiger partial charge in [-0.15, -0.1) is 10.2 Å². The van der Waals surface area contributed by atoms with Crippen LogP contribution in [0.1, 0.15) is 5.56 Å². The molecule has 0 aliphatic carbocycles. The Kier molecular flexibility index (Phi) is 6.45. The van der Waals surface area contributed by atoms with Crippen molar-refractivity contribution in [3.05, 3.63) is 59.2 Å². The van der Waals surface area contributed by atoms with Crippen molar-refractivity contribution in [3.8, 4) is 5.75 Å². The Morgan fingerprint density at radius 2 is 1.78 bits per heavy atom. The standard InChI is InChI=1S/C21H23ClN6O3S/c1-15-7-8-23-20(13-15)24-19-5-6-21(26-25-19)27-9-11-28(12-10-27)32(29,30)16-3-4-18(31-2)17(22)14-16/h3-8,13-14H,9-12H2,1-2H3,(H,23,24,25). The maximum atomic E-state index is 13.0. The van der Waals surface area contributed by atoms with E-state index in [9.17, 15) is 8.42 Å². The van der Waals surface area contributed by atoms with Crippen molar-refractivity contribution in [3.63, 3.8) is 0 Å². The van der Waals surface area contributed by atoms with Crippen LogP contribution in [0.3, 0.4) is 0 Å². The summed E-state index contributed by atoms with van der Waals surface area (Å²) in [7, 11) is -2.16. The molecule has 1 N–H and O–H groups in total. The molecule has 32 heavy (non-hydrogen) atoms. The predicted octanol–water partition coefficient (Wildman–Crippen LogP) is 3.10. The van der Waals surface area contributed by atoms with Crippen molar-refractivity contribution in [2.45, 2.75) is 11.8 Å². The molecule has 2 aromatic heterocycles. The van der Waals surface area contributed by atoms with Crippen molar-refractivity contribution in [1.82, 2.24) is 19.5 Å². The molecule has 1 aliphatic heterocycles. The SMILES string of the molecule is COc1ccc(S(=O)(=O)N2CCN(c3ccc(Nc4cc(C)ccn4)nn3)CC2)cc1Cl. The molecule has 9 nitrogen and oxygen atoms in total. The molecule has 11 heteroatoms. The fraction of sp³-hybridized carbons (Fsp3) is 0.286. The average Bonchev–Trinajstić information content (AvgIpc) is 2.79. The van der Waals surface area contributed by atoms with Gasteiger partial charge >= 0.3 is 0 Å². The molecule has 1 fully saturated rings. The minimum absolute atomic E-state index is 0.150. The number of pyridine rings is 1. The van der Waals surface area contributed by atoms with E-state index in [0.29, 0.717) is 49.4 Å². The molecule has 1 aliphatic rings. The van der Waals surface area contributed by atoms with Crippen molar-refractivity contribution in [1.29, 1.82) is 0 Å². The molecule has 4 rings (SSSR count). The van der Waals surface area contributed by atoms with Crippen LogP contribution in [-0.2, 0) is 10.0 Å². The zero-order valence-corrected chi connectivity index (χ0v) is 19.3. The maximum absolute atomic E-state index is 13.0. The Balaban J connectivity index is 1.39. The number of sulfonamides is 1. The highest BCUT2D eigenvalue weighted by Crippen LogP contribution is 2.29. The molecular formula is C21H23ClN6O3S. The number of hydrogen-bond donors (Lipinski definition) is 1. The zero-order valence-electron chi connectivity index (χ0n) is 17.7. The number of benzene rings is 1. The Hall–Kier alpha value is -2.95. The summed E-state index contributed by atoms with van der Waals surface area (Å²) in [5, 5.41) is 11.9. The summed E-state index contributed by atoms with van der Waals surface area (Å²) in [5.41, 5.74) is 1.09. The number of rotatable bonds is 6. The van der Waals surface area contributed by atoms with Gasteiger partial charge in [0.25, 0.3) is 0 Å². The number of halogens is 1. The molecule has 1 saturated heterocycles. The lowest BCUT2D eigenvalue weighted by atomic mass is 10.3. The summed E-state index contributed by atoms with van der Waals surface area (Å²) in [6, 6.07) is 12.0. The number of methoxy groups -OCH3 is 1. The summed E-state index contributed by atoms with van der Waals surface area (Å²) in [5.74, 6) is 2.41. The van der Waals surface area contributed by atoms with Gasteiger partial charge in [-0.2, -0.15) is 4.31 Å². The lowest BCUT2D eigenvalue weighted by molar-refractivity contribution is 0.383. The summed E-state index contributed by atoms with van der Waals surface area (Å²) in [6.45, 7) is 3.67. The molecule has 0 saturated carbocycles. The van der Waals surface area contributed by atoms with E-state index in [0.717, 1.165) is 5.56 Å². The molecule has 168 valence electrons. The quantitative estimate of drug-likeness (QED) is 0.581. The van der Waals surface area contributed by atoms with Crippen molar-refractivity contribution in [2.24, 2.45) is 0 Å². The molecule has 3 heterocycles. The first kappa shape index (κ1) is 22.3. The molecule has 0 spiro atoms. The van der Waals surface area contributed by atoms with Gasteiger partial charge in [0.05, 0.1) is 17.0 Å². The van der Waals surface area contributed by atoms with E-state index in [1.54, 1.807) is 12.3 Å². The van der Waals surface area contributed by atoms with E-state index in [-0.39, 0.29) is 9.92 Å². The van der Waals surface area contributed by atoms with Gasteiger partial charge in [-0.3, -0.25) is 0 Å². The van der Waals surface area contributed by atoms with Crippen molar-refractivity contribution < 1.29 is 13.2 Å². The second kappa shape index (κ2) is 9.27. The summed E-state index contributed by atoms with van der Waals surface area (Å²) < 4.78 is 32.5. The van der Waals surface area contributed by atoms with Crippen molar-refractivity contribution in [2.75, 3.05) is 43.5 Å². The third kappa shape index (κ3) is 4.77. The number of piperazine rings is 1. The van der Waals surface area contributed by atoms with Crippen LogP contribution in [0.15, 0.2) is 53.6 Å². The van der Waals surface area contributed by atoms with Gasteiger partial charge in [0.1, 0.15) is 11.6 Å². The molecule has 0 atom stereocenters. The lowest BCUT2D eigenvalue weighted by Crippen LogP contribution is -2.49. The van der Waals surface area contributed by atoms with E-state index in [1.165, 1.54) is 23.5 Å². The largest absolute Gasteiger partial charge is 0.495 e. The first-order valence-electron chi connectivity index (χ1n) is 9.99. The first-order valence-corrected chi connectivity index (χ1v) is 11.8. The van der Waals surface area contributed by atoms with Crippen LogP contribution in [0.25, 0.3) is 0 Å². The van der Waals surface area contributed by atoms with Gasteiger partial charge in [-0.1, -0.05) is 11.6 Å². The molecule has 0 unspecified atom stereocenters. The third-order valence-electron chi connectivity index (χ3n) is 5.15. The smallest absolute Gasteiger partial charge is 0.243 e. The molecule has 0 bridgehead atoms. The van der Waals surface area contributed by atoms with Crippen LogP contribution < -0.4 is 15.0 Å². The normalized spacial score (nSPS) is 14.9. The second-order valence-electron chi connectivity index (χ2n) is 7.31. The number of aryl methyl sites for hydroxylation is 1. The fourth-order valence-corrected chi connectivity index (χ4v) is 5.18. The minimum Gasteiger partial charge on any atom is -0.495 e. The van der Waals surface area contributed by atoms with Crippen LogP contribution in [0, 0.1) is 6.92 Å². The number of ether oxygens (including phenoxy) is 1. The van der Waals surface area contributed by atoms with E-state index >= 15 is 0 Å². The second-order valence-corrected chi connectivity index (χ2v) is 9.65. The lowest BCUT2D eigenvalue weighted by Gasteiger charge is -2.34. The van der Waals surface area contributed by atoms with Crippen LogP contribution >= 0.6 is 11.6 Å². The van der Waals surface area contributed by atoms with Gasteiger partial charge in [0.15, 0.2) is 11.6 Å². The predicted molar refractivity (Wildman–Crippen MR) is 123 cm³/mol. The highest BCUT2D eigenvalue weighted by molar-refractivity contribution is 7.89. The fourth-order valence-electron chi connectivity index (χ4n) is 3.41. The monoisotopic (exact) mass is 474 g/mol. The number of aromatic nitrogens is 3. The van der Waals surface area contributed by atoms with E-state index in [2.05, 4.69) is 20.5 Å². The summed E-state index contributed by atoms with van der Waals surface area (Å²) >= 11 is 6.11. The molecule has 1 aromatic carbocycles. The Labute approximate surface area is 192 Å². The van der Waals surface area contributed by atoms with Crippen molar-refractivity contribution >= 4 is 39.1 Å². The van der Waals surface area contributed by atoms with E-state index in [1.807, 2.05) is 36.1 Å². The van der Waals surface area contributed by atoms with Crippen LogP contribution in [-0.4, -0.2) is 61.2 Å². The summed E-state index contributed by atoms with van der Waals surface area (Å²) in [6.07, 6.45) is 1.73. The van der Waals surface area contributed by atoms with Crippen LogP contribution in [0.5, 0.6) is 5.75 Å². The Morgan fingerprint density at radius 1 is 1.00 bits per heavy atom. The van der Waals surface area contributed by atoms with Gasteiger partial charge in [-0.05, 0) is 55.0 Å². The number of anilines is 3. The third-order valence-corrected chi connectivity index (χ3v) is 7.34. The molecule has 0 radical (unpaired) electrons. The Bertz CT molecular complexity index is 1200. The van der Waals surface area contributed by atoms with Gasteiger partial charge < -0.3 is 15.0 Å². The van der Waals surface area contributed by atoms with E-state index in [4.69, 9.17) is 16.3 Å². The number of nitrogens with one attached hydrogen (secondary N) is 1. The number of hydrogen-bond acceptors (Lipinski definition) is 8. The minimum atomic E-state index is -3.65. The Morgan fingerprint density at radius 3 is 2.41 bits per heavy atom. The topological polar surface area (TPSA) is 101 Å². The van der Waals surface area contributed by atoms with Gasteiger partial charge in [-0.25, -0.2) is 13.4 Å². The highest BCUT2D eigenvalue weighted by atomic mass is 35.5. The first-order chi connectivity index (χ1) is 15.4. The molecule has 3 aromatic rings. The zero-order chi connectivity index (χ0) is 22.7. The van der Waals surface area contributed by atoms with Gasteiger partial charge in [0.2, 0.25) is 10.0 Å². The summed E-state index contributed by atoms with van der Waals surface area (Å²) in [4.78, 5) is 6.41. The highest BCUT2D eigenvalue weighted by Gasteiger charge is 2.29. The molecule has 0 amide bonds. The number of nitrogens with zero attached hydrogens (tertiary/aromatic N) is 5. The molecular weight excluding hydrogens is 452 g/mol. The van der Waals surface area contributed by atoms with Gasteiger partial charge in [0, 0.05) is 32.4 Å². The van der Waals surface area contributed by atoms with E-state index < -0.39 is 10.0 Å².